The van der Waals surface area contributed by atoms with Crippen LogP contribution in [0.4, 0.5) is 0 Å². The van der Waals surface area contributed by atoms with Crippen LogP contribution in [-0.4, -0.2) is 14.7 Å². The zero-order valence-electron chi connectivity index (χ0n) is 11.0. The van der Waals surface area contributed by atoms with Crippen molar-refractivity contribution in [3.05, 3.63) is 65.7 Å². The average molecular weight is 286 g/mol. The van der Waals surface area contributed by atoms with Gasteiger partial charge in [-0.15, -0.1) is 0 Å². The number of ether oxygens (including phenoxy) is 1. The van der Waals surface area contributed by atoms with Gasteiger partial charge in [-0.2, -0.15) is 0 Å². The van der Waals surface area contributed by atoms with Gasteiger partial charge >= 0.3 is 0 Å². The lowest BCUT2D eigenvalue weighted by Gasteiger charge is -2.18. The topological polar surface area (TPSA) is 43.4 Å². The van der Waals surface area contributed by atoms with Gasteiger partial charge in [0.2, 0.25) is 0 Å². The maximum Gasteiger partial charge on any atom is 0.175 e. The molecule has 0 N–H and O–H groups in total. The first-order valence-electron chi connectivity index (χ1n) is 6.30. The number of fused-ring (bicyclic) bond motifs is 1. The molecule has 0 radical (unpaired) electrons. The maximum atomic E-state index is 11.4. The van der Waals surface area contributed by atoms with Crippen molar-refractivity contribution in [3.63, 3.8) is 0 Å². The SMILES string of the molecule is CS(=O)(=O)c1ccc(C2=CCc3ccccc3O2)cc1. The Labute approximate surface area is 118 Å². The highest BCUT2D eigenvalue weighted by atomic mass is 32.2. The Balaban J connectivity index is 1.90. The second kappa shape index (κ2) is 4.80. The van der Waals surface area contributed by atoms with E-state index in [9.17, 15) is 8.42 Å². The molecule has 0 bridgehead atoms. The summed E-state index contributed by atoms with van der Waals surface area (Å²) in [7, 11) is -3.16. The highest BCUT2D eigenvalue weighted by Gasteiger charge is 2.14. The lowest BCUT2D eigenvalue weighted by molar-refractivity contribution is 0.498. The normalized spacial score (nSPS) is 14.2. The fourth-order valence-electron chi connectivity index (χ4n) is 2.18. The van der Waals surface area contributed by atoms with E-state index in [1.54, 1.807) is 24.3 Å². The van der Waals surface area contributed by atoms with Crippen molar-refractivity contribution in [2.24, 2.45) is 0 Å². The van der Waals surface area contributed by atoms with E-state index in [0.717, 1.165) is 29.1 Å². The van der Waals surface area contributed by atoms with E-state index in [2.05, 4.69) is 0 Å². The van der Waals surface area contributed by atoms with Gasteiger partial charge in [-0.25, -0.2) is 8.42 Å². The number of para-hydroxylation sites is 1. The van der Waals surface area contributed by atoms with E-state index in [1.807, 2.05) is 30.3 Å². The third-order valence-electron chi connectivity index (χ3n) is 3.27. The van der Waals surface area contributed by atoms with E-state index in [-0.39, 0.29) is 0 Å². The first-order chi connectivity index (χ1) is 9.54. The molecule has 1 aliphatic rings. The first-order valence-corrected chi connectivity index (χ1v) is 8.19. The number of hydrogen-bond donors (Lipinski definition) is 0. The van der Waals surface area contributed by atoms with Gasteiger partial charge < -0.3 is 4.74 Å². The number of rotatable bonds is 2. The molecule has 0 saturated heterocycles. The highest BCUT2D eigenvalue weighted by Crippen LogP contribution is 2.30. The smallest absolute Gasteiger partial charge is 0.175 e. The molecule has 3 nitrogen and oxygen atoms in total. The van der Waals surface area contributed by atoms with Crippen LogP contribution in [0, 0.1) is 0 Å². The molecule has 2 aromatic carbocycles. The van der Waals surface area contributed by atoms with Crippen LogP contribution in [0.25, 0.3) is 5.76 Å². The maximum absolute atomic E-state index is 11.4. The average Bonchev–Trinajstić information content (AvgIpc) is 2.46. The van der Waals surface area contributed by atoms with E-state index in [1.165, 1.54) is 6.26 Å². The molecule has 0 aromatic heterocycles. The van der Waals surface area contributed by atoms with Crippen molar-refractivity contribution in [3.8, 4) is 5.75 Å². The Morgan fingerprint density at radius 1 is 1.00 bits per heavy atom. The molecule has 2 aromatic rings. The largest absolute Gasteiger partial charge is 0.457 e. The van der Waals surface area contributed by atoms with Crippen molar-refractivity contribution in [2.75, 3.05) is 6.26 Å². The number of allylic oxidation sites excluding steroid dienone is 1. The summed E-state index contributed by atoms with van der Waals surface area (Å²) < 4.78 is 28.7. The molecule has 102 valence electrons. The van der Waals surface area contributed by atoms with E-state index in [0.29, 0.717) is 4.90 Å². The monoisotopic (exact) mass is 286 g/mol. The molecule has 0 amide bonds. The Kier molecular flexibility index (Phi) is 3.10. The molecule has 0 fully saturated rings. The van der Waals surface area contributed by atoms with Crippen LogP contribution in [0.2, 0.25) is 0 Å². The minimum Gasteiger partial charge on any atom is -0.457 e. The molecular weight excluding hydrogens is 272 g/mol. The number of hydrogen-bond acceptors (Lipinski definition) is 3. The summed E-state index contributed by atoms with van der Waals surface area (Å²) in [5.41, 5.74) is 2.04. The Bertz CT molecular complexity index is 772. The molecule has 1 aliphatic heterocycles. The molecule has 3 rings (SSSR count). The van der Waals surface area contributed by atoms with Gasteiger partial charge in [-0.3, -0.25) is 0 Å². The van der Waals surface area contributed by atoms with E-state index < -0.39 is 9.84 Å². The summed E-state index contributed by atoms with van der Waals surface area (Å²) >= 11 is 0. The molecule has 4 heteroatoms. The van der Waals surface area contributed by atoms with Crippen LogP contribution >= 0.6 is 0 Å². The molecule has 0 spiro atoms. The van der Waals surface area contributed by atoms with Gasteiger partial charge in [0.1, 0.15) is 11.5 Å². The first kappa shape index (κ1) is 12.9. The van der Waals surface area contributed by atoms with Gasteiger partial charge in [0, 0.05) is 11.8 Å². The number of benzene rings is 2. The zero-order chi connectivity index (χ0) is 14.2. The van der Waals surface area contributed by atoms with E-state index in [4.69, 9.17) is 4.74 Å². The van der Waals surface area contributed by atoms with E-state index >= 15 is 0 Å². The third kappa shape index (κ3) is 2.47. The summed E-state index contributed by atoms with van der Waals surface area (Å²) in [5, 5.41) is 0. The van der Waals surface area contributed by atoms with Crippen LogP contribution in [0.5, 0.6) is 5.75 Å². The van der Waals surface area contributed by atoms with Crippen LogP contribution in [0.3, 0.4) is 0 Å². The zero-order valence-corrected chi connectivity index (χ0v) is 11.9. The molecule has 20 heavy (non-hydrogen) atoms. The van der Waals surface area contributed by atoms with Crippen LogP contribution in [-0.2, 0) is 16.3 Å². The van der Waals surface area contributed by atoms with Crippen molar-refractivity contribution in [1.82, 2.24) is 0 Å². The predicted molar refractivity (Wildman–Crippen MR) is 78.3 cm³/mol. The van der Waals surface area contributed by atoms with Gasteiger partial charge in [0.25, 0.3) is 0 Å². The van der Waals surface area contributed by atoms with Crippen molar-refractivity contribution in [2.45, 2.75) is 11.3 Å². The molecule has 0 aliphatic carbocycles. The molecular formula is C16H14O3S. The third-order valence-corrected chi connectivity index (χ3v) is 4.40. The second-order valence-electron chi connectivity index (χ2n) is 4.78. The predicted octanol–water partition coefficient (Wildman–Crippen LogP) is 3.07. The molecule has 0 saturated carbocycles. The van der Waals surface area contributed by atoms with Gasteiger partial charge in [0.05, 0.1) is 4.90 Å². The fourth-order valence-corrected chi connectivity index (χ4v) is 2.81. The van der Waals surface area contributed by atoms with Crippen molar-refractivity contribution >= 4 is 15.6 Å². The van der Waals surface area contributed by atoms with Crippen molar-refractivity contribution in [1.29, 1.82) is 0 Å². The van der Waals surface area contributed by atoms with Crippen LogP contribution in [0.15, 0.2) is 59.5 Å². The Morgan fingerprint density at radius 3 is 2.40 bits per heavy atom. The minimum atomic E-state index is -3.16. The van der Waals surface area contributed by atoms with Crippen LogP contribution < -0.4 is 4.74 Å². The summed E-state index contributed by atoms with van der Waals surface area (Å²) in [4.78, 5) is 0.318. The summed E-state index contributed by atoms with van der Waals surface area (Å²) in [5.74, 6) is 1.63. The summed E-state index contributed by atoms with van der Waals surface area (Å²) in [6.45, 7) is 0. The lowest BCUT2D eigenvalue weighted by Crippen LogP contribution is -2.04. The summed E-state index contributed by atoms with van der Waals surface area (Å²) in [6, 6.07) is 14.7. The molecule has 0 atom stereocenters. The minimum absolute atomic E-state index is 0.318. The highest BCUT2D eigenvalue weighted by molar-refractivity contribution is 7.90. The molecule has 1 heterocycles. The van der Waals surface area contributed by atoms with Gasteiger partial charge in [-0.05, 0) is 48.4 Å². The van der Waals surface area contributed by atoms with Gasteiger partial charge in [0.15, 0.2) is 9.84 Å². The Hall–Kier alpha value is -2.07. The quantitative estimate of drug-likeness (QED) is 0.852. The Morgan fingerprint density at radius 2 is 1.70 bits per heavy atom. The summed E-state index contributed by atoms with van der Waals surface area (Å²) in [6.07, 6.45) is 4.03. The molecule has 0 unspecified atom stereocenters. The lowest BCUT2D eigenvalue weighted by atomic mass is 10.1. The standard InChI is InChI=1S/C16H14O3S/c1-20(17,18)14-9-6-13(7-10-14)16-11-8-12-4-2-3-5-15(12)19-16/h2-7,9-11H,8H2,1H3. The van der Waals surface area contributed by atoms with Crippen molar-refractivity contribution < 1.29 is 13.2 Å². The van der Waals surface area contributed by atoms with Crippen LogP contribution in [0.1, 0.15) is 11.1 Å². The van der Waals surface area contributed by atoms with Gasteiger partial charge in [-0.1, -0.05) is 18.2 Å². The fraction of sp³-hybridized carbons (Fsp3) is 0.125. The number of sulfone groups is 1. The second-order valence-corrected chi connectivity index (χ2v) is 6.79.